The predicted octanol–water partition coefficient (Wildman–Crippen LogP) is 2.95. The van der Waals surface area contributed by atoms with Gasteiger partial charge in [-0.1, -0.05) is 6.07 Å². The molecule has 1 aromatic carbocycles. The van der Waals surface area contributed by atoms with Crippen LogP contribution >= 0.6 is 11.6 Å². The van der Waals surface area contributed by atoms with Crippen molar-refractivity contribution in [1.29, 1.82) is 0 Å². The average molecular weight is 267 g/mol. The van der Waals surface area contributed by atoms with E-state index in [2.05, 4.69) is 10.6 Å². The molecule has 17 heavy (non-hydrogen) atoms. The van der Waals surface area contributed by atoms with Crippen LogP contribution in [-0.2, 0) is 6.18 Å². The van der Waals surface area contributed by atoms with Crippen LogP contribution in [0.5, 0.6) is 0 Å². The SMILES string of the molecule is FC(F)(F)c1cccc(NCCNCCCl)c1. The Morgan fingerprint density at radius 2 is 1.88 bits per heavy atom. The number of nitrogens with one attached hydrogen (secondary N) is 2. The van der Waals surface area contributed by atoms with Crippen LogP contribution in [0.2, 0.25) is 0 Å². The van der Waals surface area contributed by atoms with Crippen molar-refractivity contribution < 1.29 is 13.2 Å². The second-order valence-corrected chi connectivity index (χ2v) is 3.82. The second kappa shape index (κ2) is 6.71. The summed E-state index contributed by atoms with van der Waals surface area (Å²) in [7, 11) is 0. The van der Waals surface area contributed by atoms with Gasteiger partial charge < -0.3 is 10.6 Å². The number of anilines is 1. The Morgan fingerprint density at radius 1 is 1.12 bits per heavy atom. The molecule has 0 bridgehead atoms. The van der Waals surface area contributed by atoms with E-state index < -0.39 is 11.7 Å². The molecule has 96 valence electrons. The summed E-state index contributed by atoms with van der Waals surface area (Å²) in [6, 6.07) is 5.15. The summed E-state index contributed by atoms with van der Waals surface area (Å²) in [5.41, 5.74) is -0.177. The molecule has 1 rings (SSSR count). The van der Waals surface area contributed by atoms with Crippen molar-refractivity contribution in [3.8, 4) is 0 Å². The number of hydrogen-bond donors (Lipinski definition) is 2. The number of halogens is 4. The summed E-state index contributed by atoms with van der Waals surface area (Å²) in [4.78, 5) is 0. The van der Waals surface area contributed by atoms with E-state index in [0.29, 0.717) is 31.2 Å². The molecule has 0 aliphatic heterocycles. The van der Waals surface area contributed by atoms with Gasteiger partial charge in [-0.3, -0.25) is 0 Å². The van der Waals surface area contributed by atoms with Crippen molar-refractivity contribution in [2.24, 2.45) is 0 Å². The number of alkyl halides is 4. The third kappa shape index (κ3) is 5.28. The molecule has 2 N–H and O–H groups in total. The lowest BCUT2D eigenvalue weighted by Crippen LogP contribution is -2.23. The van der Waals surface area contributed by atoms with Gasteiger partial charge in [-0.15, -0.1) is 11.6 Å². The van der Waals surface area contributed by atoms with Crippen LogP contribution in [0.3, 0.4) is 0 Å². The molecule has 2 nitrogen and oxygen atoms in total. The summed E-state index contributed by atoms with van der Waals surface area (Å²) in [5.74, 6) is 0.517. The highest BCUT2D eigenvalue weighted by Gasteiger charge is 2.30. The Hall–Kier alpha value is -0.940. The Kier molecular flexibility index (Phi) is 5.58. The minimum atomic E-state index is -4.30. The third-order valence-electron chi connectivity index (χ3n) is 2.09. The average Bonchev–Trinajstić information content (AvgIpc) is 2.28. The molecule has 0 amide bonds. The maximum Gasteiger partial charge on any atom is 0.416 e. The van der Waals surface area contributed by atoms with E-state index in [-0.39, 0.29) is 0 Å². The van der Waals surface area contributed by atoms with Gasteiger partial charge in [0.1, 0.15) is 0 Å². The van der Waals surface area contributed by atoms with Crippen molar-refractivity contribution in [1.82, 2.24) is 5.32 Å². The fraction of sp³-hybridized carbons (Fsp3) is 0.455. The van der Waals surface area contributed by atoms with Crippen LogP contribution in [-0.4, -0.2) is 25.5 Å². The van der Waals surface area contributed by atoms with E-state index in [9.17, 15) is 13.2 Å². The first-order valence-electron chi connectivity index (χ1n) is 5.22. The predicted molar refractivity (Wildman–Crippen MR) is 63.5 cm³/mol. The number of hydrogen-bond acceptors (Lipinski definition) is 2. The fourth-order valence-electron chi connectivity index (χ4n) is 1.29. The summed E-state index contributed by atoms with van der Waals surface area (Å²) >= 11 is 5.46. The lowest BCUT2D eigenvalue weighted by atomic mass is 10.2. The van der Waals surface area contributed by atoms with Crippen molar-refractivity contribution in [2.75, 3.05) is 30.8 Å². The molecular weight excluding hydrogens is 253 g/mol. The molecule has 0 atom stereocenters. The number of rotatable bonds is 6. The monoisotopic (exact) mass is 266 g/mol. The van der Waals surface area contributed by atoms with E-state index in [1.165, 1.54) is 6.07 Å². The van der Waals surface area contributed by atoms with E-state index in [1.807, 2.05) is 0 Å². The molecule has 6 heteroatoms. The van der Waals surface area contributed by atoms with E-state index in [1.54, 1.807) is 6.07 Å². The van der Waals surface area contributed by atoms with Crippen LogP contribution in [0.15, 0.2) is 24.3 Å². The Labute approximate surface area is 103 Å². The molecule has 0 aliphatic carbocycles. The Bertz CT molecular complexity index is 342. The quantitative estimate of drug-likeness (QED) is 0.611. The molecule has 0 unspecified atom stereocenters. The van der Waals surface area contributed by atoms with Crippen LogP contribution in [0.1, 0.15) is 5.56 Å². The lowest BCUT2D eigenvalue weighted by molar-refractivity contribution is -0.137. The van der Waals surface area contributed by atoms with Gasteiger partial charge in [-0.05, 0) is 18.2 Å². The normalized spacial score (nSPS) is 11.5. The third-order valence-corrected chi connectivity index (χ3v) is 2.28. The molecule has 0 radical (unpaired) electrons. The zero-order valence-electron chi connectivity index (χ0n) is 9.15. The van der Waals surface area contributed by atoms with Crippen LogP contribution in [0, 0.1) is 0 Å². The van der Waals surface area contributed by atoms with Gasteiger partial charge in [0.05, 0.1) is 5.56 Å². The molecule has 0 fully saturated rings. The van der Waals surface area contributed by atoms with E-state index in [4.69, 9.17) is 11.6 Å². The molecule has 0 saturated heterocycles. The highest BCUT2D eigenvalue weighted by Crippen LogP contribution is 2.30. The van der Waals surface area contributed by atoms with Gasteiger partial charge >= 0.3 is 6.18 Å². The molecular formula is C11H14ClF3N2. The summed E-state index contributed by atoms with van der Waals surface area (Å²) in [5, 5.41) is 5.94. The van der Waals surface area contributed by atoms with Crippen LogP contribution in [0.25, 0.3) is 0 Å². The number of benzene rings is 1. The lowest BCUT2D eigenvalue weighted by Gasteiger charge is -2.10. The summed E-state index contributed by atoms with van der Waals surface area (Å²) in [6.45, 7) is 1.90. The first-order valence-corrected chi connectivity index (χ1v) is 5.75. The van der Waals surface area contributed by atoms with Gasteiger partial charge in [-0.2, -0.15) is 13.2 Å². The highest BCUT2D eigenvalue weighted by atomic mass is 35.5. The standard InChI is InChI=1S/C11H14ClF3N2/c12-4-5-16-6-7-17-10-3-1-2-9(8-10)11(13,14)15/h1-3,8,16-17H,4-7H2. The van der Waals surface area contributed by atoms with Gasteiger partial charge in [0.15, 0.2) is 0 Å². The largest absolute Gasteiger partial charge is 0.416 e. The first kappa shape index (κ1) is 14.1. The molecule has 1 aromatic rings. The highest BCUT2D eigenvalue weighted by molar-refractivity contribution is 6.18. The maximum absolute atomic E-state index is 12.4. The van der Waals surface area contributed by atoms with Crippen molar-refractivity contribution in [3.05, 3.63) is 29.8 Å². The molecule has 0 aliphatic rings. The molecule has 0 spiro atoms. The van der Waals surface area contributed by atoms with Gasteiger partial charge in [0, 0.05) is 31.2 Å². The smallest absolute Gasteiger partial charge is 0.384 e. The van der Waals surface area contributed by atoms with Gasteiger partial charge in [0.2, 0.25) is 0 Å². The van der Waals surface area contributed by atoms with Crippen LogP contribution < -0.4 is 10.6 Å². The second-order valence-electron chi connectivity index (χ2n) is 3.44. The summed E-state index contributed by atoms with van der Waals surface area (Å²) < 4.78 is 37.2. The zero-order valence-corrected chi connectivity index (χ0v) is 9.91. The first-order chi connectivity index (χ1) is 8.04. The zero-order chi connectivity index (χ0) is 12.7. The van der Waals surface area contributed by atoms with E-state index in [0.717, 1.165) is 12.1 Å². The van der Waals surface area contributed by atoms with E-state index >= 15 is 0 Å². The minimum Gasteiger partial charge on any atom is -0.384 e. The minimum absolute atomic E-state index is 0.465. The maximum atomic E-state index is 12.4. The Morgan fingerprint density at radius 3 is 2.53 bits per heavy atom. The topological polar surface area (TPSA) is 24.1 Å². The van der Waals surface area contributed by atoms with Crippen molar-refractivity contribution >= 4 is 17.3 Å². The van der Waals surface area contributed by atoms with Crippen molar-refractivity contribution in [3.63, 3.8) is 0 Å². The van der Waals surface area contributed by atoms with Gasteiger partial charge in [-0.25, -0.2) is 0 Å². The molecule has 0 saturated carbocycles. The van der Waals surface area contributed by atoms with Crippen LogP contribution in [0.4, 0.5) is 18.9 Å². The van der Waals surface area contributed by atoms with Gasteiger partial charge in [0.25, 0.3) is 0 Å². The molecule has 0 aromatic heterocycles. The fourth-order valence-corrected chi connectivity index (χ4v) is 1.43. The Balaban J connectivity index is 2.44. The summed E-state index contributed by atoms with van der Waals surface area (Å²) in [6.07, 6.45) is -4.30. The van der Waals surface area contributed by atoms with Crippen molar-refractivity contribution in [2.45, 2.75) is 6.18 Å². The molecule has 0 heterocycles.